The molecule has 0 bridgehead atoms. The minimum absolute atomic E-state index is 0.574. The summed E-state index contributed by atoms with van der Waals surface area (Å²) in [6.45, 7) is 11.7. The molecule has 1 aliphatic heterocycles. The summed E-state index contributed by atoms with van der Waals surface area (Å²) in [6, 6.07) is 0. The summed E-state index contributed by atoms with van der Waals surface area (Å²) in [5.41, 5.74) is 0.870. The molecule has 1 N–H and O–H groups in total. The first-order valence-electron chi connectivity index (χ1n) is 8.59. The first kappa shape index (κ1) is 17.5. The van der Waals surface area contributed by atoms with Gasteiger partial charge in [-0.2, -0.15) is 0 Å². The molecule has 0 radical (unpaired) electrons. The average molecular weight is 350 g/mol. The molecule has 24 heavy (non-hydrogen) atoms. The molecular formula is C17H27N5OS. The highest BCUT2D eigenvalue weighted by Gasteiger charge is 2.24. The van der Waals surface area contributed by atoms with Gasteiger partial charge >= 0.3 is 0 Å². The summed E-state index contributed by atoms with van der Waals surface area (Å²) in [5.74, 6) is 0.574. The predicted octanol–water partition coefficient (Wildman–Crippen LogP) is 2.49. The number of nitrogens with zero attached hydrogens (tertiary/aromatic N) is 5. The topological polar surface area (TPSA) is 67.1 Å². The van der Waals surface area contributed by atoms with Crippen molar-refractivity contribution in [3.05, 3.63) is 27.5 Å². The zero-order valence-corrected chi connectivity index (χ0v) is 15.8. The second-order valence-electron chi connectivity index (χ2n) is 7.37. The number of thiazole rings is 1. The quantitative estimate of drug-likeness (QED) is 0.898. The lowest BCUT2D eigenvalue weighted by Gasteiger charge is -2.32. The number of aliphatic hydroxyl groups is 1. The van der Waals surface area contributed by atoms with Crippen molar-refractivity contribution in [3.63, 3.8) is 0 Å². The molecule has 2 aromatic heterocycles. The highest BCUT2D eigenvalue weighted by molar-refractivity contribution is 7.11. The third kappa shape index (κ3) is 4.20. The fourth-order valence-corrected chi connectivity index (χ4v) is 4.28. The number of aromatic nitrogens is 4. The minimum atomic E-state index is -0.932. The maximum atomic E-state index is 10.0. The van der Waals surface area contributed by atoms with Crippen LogP contribution in [0.15, 0.2) is 6.20 Å². The monoisotopic (exact) mass is 349 g/mol. The van der Waals surface area contributed by atoms with Crippen molar-refractivity contribution in [1.82, 2.24) is 24.9 Å². The Morgan fingerprint density at radius 2 is 2.17 bits per heavy atom. The van der Waals surface area contributed by atoms with Crippen LogP contribution in [0.4, 0.5) is 0 Å². The van der Waals surface area contributed by atoms with Gasteiger partial charge < -0.3 is 5.11 Å². The van der Waals surface area contributed by atoms with Crippen LogP contribution >= 0.6 is 11.3 Å². The number of rotatable bonds is 5. The molecule has 0 aromatic carbocycles. The van der Waals surface area contributed by atoms with Crippen LogP contribution in [0.1, 0.15) is 48.0 Å². The van der Waals surface area contributed by atoms with E-state index in [-0.39, 0.29) is 0 Å². The zero-order valence-electron chi connectivity index (χ0n) is 15.0. The van der Waals surface area contributed by atoms with Crippen molar-refractivity contribution in [2.45, 2.75) is 59.2 Å². The first-order valence-corrected chi connectivity index (χ1v) is 9.41. The molecule has 2 aromatic rings. The Morgan fingerprint density at radius 3 is 2.79 bits per heavy atom. The van der Waals surface area contributed by atoms with Gasteiger partial charge in [0.2, 0.25) is 0 Å². The van der Waals surface area contributed by atoms with Gasteiger partial charge in [-0.3, -0.25) is 9.58 Å². The predicted molar refractivity (Wildman–Crippen MR) is 94.9 cm³/mol. The van der Waals surface area contributed by atoms with Crippen LogP contribution < -0.4 is 0 Å². The van der Waals surface area contributed by atoms with Gasteiger partial charge in [-0.1, -0.05) is 5.21 Å². The van der Waals surface area contributed by atoms with Crippen molar-refractivity contribution in [1.29, 1.82) is 0 Å². The third-order valence-corrected chi connectivity index (χ3v) is 5.64. The van der Waals surface area contributed by atoms with Gasteiger partial charge in [0, 0.05) is 24.5 Å². The van der Waals surface area contributed by atoms with Crippen LogP contribution in [0.2, 0.25) is 0 Å². The lowest BCUT2D eigenvalue weighted by Crippen LogP contribution is -2.36. The Morgan fingerprint density at radius 1 is 1.38 bits per heavy atom. The summed E-state index contributed by atoms with van der Waals surface area (Å²) < 4.78 is 1.88. The Hall–Kier alpha value is -1.31. The van der Waals surface area contributed by atoms with Gasteiger partial charge in [0.25, 0.3) is 0 Å². The summed E-state index contributed by atoms with van der Waals surface area (Å²) in [5, 5.41) is 19.4. The average Bonchev–Trinajstić information content (AvgIpc) is 3.06. The van der Waals surface area contributed by atoms with E-state index in [4.69, 9.17) is 0 Å². The summed E-state index contributed by atoms with van der Waals surface area (Å²) in [7, 11) is 0. The van der Waals surface area contributed by atoms with Crippen molar-refractivity contribution in [2.24, 2.45) is 5.92 Å². The smallest absolute Gasteiger partial charge is 0.114 e. The Bertz CT molecular complexity index is 687. The highest BCUT2D eigenvalue weighted by atomic mass is 32.1. The van der Waals surface area contributed by atoms with Gasteiger partial charge in [-0.25, -0.2) is 4.98 Å². The molecule has 0 aliphatic carbocycles. The Kier molecular flexibility index (Phi) is 5.03. The Labute approximate surface area is 147 Å². The number of piperidine rings is 1. The summed E-state index contributed by atoms with van der Waals surface area (Å²) in [4.78, 5) is 8.45. The standard InChI is InChI=1S/C17H27N5OS/c1-12-15(24-13(2)18-12)10-21-7-5-6-14(8-21)9-22-11-16(19-20-22)17(3,4)23/h11,14,23H,5-10H2,1-4H3. The molecule has 7 heteroatoms. The van der Waals surface area contributed by atoms with Crippen LogP contribution in [-0.4, -0.2) is 43.1 Å². The first-order chi connectivity index (χ1) is 11.3. The molecule has 1 fully saturated rings. The molecule has 0 amide bonds. The SMILES string of the molecule is Cc1nc(C)c(CN2CCCC(Cn3cc(C(C)(C)O)nn3)C2)s1. The van der Waals surface area contributed by atoms with Crippen molar-refractivity contribution < 1.29 is 5.11 Å². The van der Waals surface area contributed by atoms with Crippen LogP contribution in [0.5, 0.6) is 0 Å². The maximum absolute atomic E-state index is 10.0. The van der Waals surface area contributed by atoms with E-state index in [1.54, 1.807) is 13.8 Å². The van der Waals surface area contributed by atoms with Crippen molar-refractivity contribution >= 4 is 11.3 Å². The van der Waals surface area contributed by atoms with E-state index >= 15 is 0 Å². The summed E-state index contributed by atoms with van der Waals surface area (Å²) >= 11 is 1.81. The maximum Gasteiger partial charge on any atom is 0.114 e. The lowest BCUT2D eigenvalue weighted by molar-refractivity contribution is 0.0737. The molecule has 1 aliphatic rings. The van der Waals surface area contributed by atoms with E-state index in [9.17, 15) is 5.11 Å². The minimum Gasteiger partial charge on any atom is -0.384 e. The van der Waals surface area contributed by atoms with E-state index in [0.29, 0.717) is 11.6 Å². The fraction of sp³-hybridized carbons (Fsp3) is 0.706. The van der Waals surface area contributed by atoms with E-state index in [1.165, 1.54) is 23.4 Å². The van der Waals surface area contributed by atoms with Crippen LogP contribution in [0, 0.1) is 19.8 Å². The van der Waals surface area contributed by atoms with Crippen LogP contribution in [0.3, 0.4) is 0 Å². The van der Waals surface area contributed by atoms with E-state index in [2.05, 4.69) is 34.0 Å². The molecule has 1 atom stereocenters. The number of aryl methyl sites for hydroxylation is 2. The largest absolute Gasteiger partial charge is 0.384 e. The molecular weight excluding hydrogens is 322 g/mol. The second-order valence-corrected chi connectivity index (χ2v) is 8.66. The Balaban J connectivity index is 1.59. The molecule has 1 saturated heterocycles. The van der Waals surface area contributed by atoms with E-state index in [0.717, 1.165) is 31.2 Å². The van der Waals surface area contributed by atoms with Crippen molar-refractivity contribution in [2.75, 3.05) is 13.1 Å². The number of likely N-dealkylation sites (tertiary alicyclic amines) is 1. The van der Waals surface area contributed by atoms with Gasteiger partial charge in [0.05, 0.1) is 16.9 Å². The van der Waals surface area contributed by atoms with Crippen molar-refractivity contribution in [3.8, 4) is 0 Å². The van der Waals surface area contributed by atoms with Gasteiger partial charge in [0.15, 0.2) is 0 Å². The number of hydrogen-bond donors (Lipinski definition) is 1. The lowest BCUT2D eigenvalue weighted by atomic mass is 9.98. The highest BCUT2D eigenvalue weighted by Crippen LogP contribution is 2.24. The normalized spacial score (nSPS) is 19.8. The van der Waals surface area contributed by atoms with E-state index in [1.807, 2.05) is 22.2 Å². The molecule has 0 spiro atoms. The van der Waals surface area contributed by atoms with Gasteiger partial charge in [0.1, 0.15) is 11.3 Å². The van der Waals surface area contributed by atoms with E-state index < -0.39 is 5.60 Å². The summed E-state index contributed by atoms with van der Waals surface area (Å²) in [6.07, 6.45) is 4.30. The molecule has 3 rings (SSSR count). The fourth-order valence-electron chi connectivity index (χ4n) is 3.30. The third-order valence-electron chi connectivity index (χ3n) is 4.58. The van der Waals surface area contributed by atoms with Crippen LogP contribution in [-0.2, 0) is 18.7 Å². The van der Waals surface area contributed by atoms with Gasteiger partial charge in [-0.05, 0) is 53.0 Å². The molecule has 6 nitrogen and oxygen atoms in total. The number of hydrogen-bond acceptors (Lipinski definition) is 6. The van der Waals surface area contributed by atoms with Gasteiger partial charge in [-0.15, -0.1) is 16.4 Å². The molecule has 0 saturated carbocycles. The molecule has 1 unspecified atom stereocenters. The second kappa shape index (κ2) is 6.90. The zero-order chi connectivity index (χ0) is 17.3. The van der Waals surface area contributed by atoms with Crippen LogP contribution in [0.25, 0.3) is 0 Å². The molecule has 3 heterocycles. The molecule has 132 valence electrons.